The maximum Gasteiger partial charge on any atom is 0.252 e. The zero-order valence-corrected chi connectivity index (χ0v) is 6.99. The number of Topliss-reactive ketones (excluding diaryl/α,β-unsaturated/α-hetero) is 1. The van der Waals surface area contributed by atoms with Gasteiger partial charge in [-0.05, 0) is 0 Å². The van der Waals surface area contributed by atoms with E-state index in [9.17, 15) is 9.59 Å². The molecule has 1 aromatic rings. The summed E-state index contributed by atoms with van der Waals surface area (Å²) in [5.41, 5.74) is 5.15. The highest BCUT2D eigenvalue weighted by atomic mass is 16.2. The standard InChI is InChI=1S/C10H9NO2/c1-7(10(11)13)9(12)8-5-3-2-4-6-8/h2-6H,1H2,(H2,11,13). The van der Waals surface area contributed by atoms with Gasteiger partial charge in [0.25, 0.3) is 5.91 Å². The molecule has 0 bridgehead atoms. The third-order valence-electron chi connectivity index (χ3n) is 1.61. The third-order valence-corrected chi connectivity index (χ3v) is 1.61. The van der Waals surface area contributed by atoms with Crippen LogP contribution in [0.5, 0.6) is 0 Å². The fourth-order valence-corrected chi connectivity index (χ4v) is 0.876. The Morgan fingerprint density at radius 1 is 1.15 bits per heavy atom. The molecule has 66 valence electrons. The first-order valence-electron chi connectivity index (χ1n) is 3.71. The number of ketones is 1. The minimum atomic E-state index is -0.783. The van der Waals surface area contributed by atoms with Crippen molar-refractivity contribution < 1.29 is 9.59 Å². The molecule has 0 fully saturated rings. The second-order valence-corrected chi connectivity index (χ2v) is 2.54. The fraction of sp³-hybridized carbons (Fsp3) is 0. The normalized spacial score (nSPS) is 9.23. The first-order chi connectivity index (χ1) is 6.13. The highest BCUT2D eigenvalue weighted by Gasteiger charge is 2.13. The number of rotatable bonds is 3. The van der Waals surface area contributed by atoms with Gasteiger partial charge >= 0.3 is 0 Å². The van der Waals surface area contributed by atoms with Crippen LogP contribution in [0.3, 0.4) is 0 Å². The molecule has 0 aliphatic heterocycles. The van der Waals surface area contributed by atoms with E-state index in [4.69, 9.17) is 5.73 Å². The van der Waals surface area contributed by atoms with Gasteiger partial charge in [0.2, 0.25) is 0 Å². The van der Waals surface area contributed by atoms with Crippen LogP contribution in [0.15, 0.2) is 42.5 Å². The average molecular weight is 175 g/mol. The van der Waals surface area contributed by atoms with Crippen LogP contribution >= 0.6 is 0 Å². The molecule has 0 saturated heterocycles. The van der Waals surface area contributed by atoms with Crippen molar-refractivity contribution in [2.75, 3.05) is 0 Å². The molecular formula is C10H9NO2. The lowest BCUT2D eigenvalue weighted by molar-refractivity contribution is -0.114. The molecular weight excluding hydrogens is 166 g/mol. The Hall–Kier alpha value is -1.90. The lowest BCUT2D eigenvalue weighted by Crippen LogP contribution is -2.19. The van der Waals surface area contributed by atoms with Gasteiger partial charge in [-0.15, -0.1) is 0 Å². The molecule has 3 heteroatoms. The summed E-state index contributed by atoms with van der Waals surface area (Å²) in [5.74, 6) is -1.21. The van der Waals surface area contributed by atoms with Crippen molar-refractivity contribution in [2.24, 2.45) is 5.73 Å². The van der Waals surface area contributed by atoms with Crippen LogP contribution in [0.2, 0.25) is 0 Å². The Kier molecular flexibility index (Phi) is 2.59. The monoisotopic (exact) mass is 175 g/mol. The predicted octanol–water partition coefficient (Wildman–Crippen LogP) is 0.911. The quantitative estimate of drug-likeness (QED) is 0.321. The van der Waals surface area contributed by atoms with Crippen LogP contribution in [0.1, 0.15) is 10.4 Å². The first-order valence-corrected chi connectivity index (χ1v) is 3.71. The number of hydrogen-bond acceptors (Lipinski definition) is 2. The summed E-state index contributed by atoms with van der Waals surface area (Å²) in [4.78, 5) is 22.0. The molecule has 0 saturated carbocycles. The molecule has 0 spiro atoms. The first kappa shape index (κ1) is 9.19. The molecule has 0 heterocycles. The second kappa shape index (κ2) is 3.67. The molecule has 0 atom stereocenters. The summed E-state index contributed by atoms with van der Waals surface area (Å²) >= 11 is 0. The molecule has 2 N–H and O–H groups in total. The van der Waals surface area contributed by atoms with E-state index in [-0.39, 0.29) is 5.57 Å². The summed E-state index contributed by atoms with van der Waals surface area (Å²) in [7, 11) is 0. The van der Waals surface area contributed by atoms with E-state index < -0.39 is 11.7 Å². The van der Waals surface area contributed by atoms with Gasteiger partial charge in [-0.25, -0.2) is 0 Å². The van der Waals surface area contributed by atoms with Crippen LogP contribution < -0.4 is 5.73 Å². The van der Waals surface area contributed by atoms with E-state index in [2.05, 4.69) is 6.58 Å². The minimum Gasteiger partial charge on any atom is -0.365 e. The SMILES string of the molecule is C=C(C(N)=O)C(=O)c1ccccc1. The number of primary amides is 1. The van der Waals surface area contributed by atoms with Gasteiger partial charge in [0.05, 0.1) is 5.57 Å². The number of carbonyl (C=O) groups is 2. The smallest absolute Gasteiger partial charge is 0.252 e. The number of carbonyl (C=O) groups excluding carboxylic acids is 2. The Morgan fingerprint density at radius 2 is 1.69 bits per heavy atom. The van der Waals surface area contributed by atoms with E-state index in [0.29, 0.717) is 5.56 Å². The summed E-state index contributed by atoms with van der Waals surface area (Å²) in [5, 5.41) is 0. The van der Waals surface area contributed by atoms with E-state index in [1.807, 2.05) is 0 Å². The van der Waals surface area contributed by atoms with Crippen molar-refractivity contribution in [1.82, 2.24) is 0 Å². The van der Waals surface area contributed by atoms with Crippen LogP contribution in [-0.2, 0) is 4.79 Å². The van der Waals surface area contributed by atoms with E-state index in [1.54, 1.807) is 30.3 Å². The molecule has 13 heavy (non-hydrogen) atoms. The summed E-state index contributed by atoms with van der Waals surface area (Å²) in [6, 6.07) is 8.42. The molecule has 1 rings (SSSR count). The van der Waals surface area contributed by atoms with Crippen LogP contribution in [0.4, 0.5) is 0 Å². The molecule has 0 aromatic heterocycles. The molecule has 1 aromatic carbocycles. The summed E-state index contributed by atoms with van der Waals surface area (Å²) in [6.45, 7) is 3.31. The Morgan fingerprint density at radius 3 is 2.15 bits per heavy atom. The fourth-order valence-electron chi connectivity index (χ4n) is 0.876. The van der Waals surface area contributed by atoms with Crippen LogP contribution in [0, 0.1) is 0 Å². The molecule has 0 aliphatic carbocycles. The van der Waals surface area contributed by atoms with Gasteiger partial charge in [0.1, 0.15) is 0 Å². The second-order valence-electron chi connectivity index (χ2n) is 2.54. The van der Waals surface area contributed by atoms with E-state index >= 15 is 0 Å². The Balaban J connectivity index is 2.93. The molecule has 1 amide bonds. The third kappa shape index (κ3) is 2.02. The van der Waals surface area contributed by atoms with Crippen LogP contribution in [0.25, 0.3) is 0 Å². The number of benzene rings is 1. The van der Waals surface area contributed by atoms with Crippen molar-refractivity contribution in [3.05, 3.63) is 48.0 Å². The number of hydrogen-bond donors (Lipinski definition) is 1. The highest BCUT2D eigenvalue weighted by Crippen LogP contribution is 2.05. The molecule has 3 nitrogen and oxygen atoms in total. The van der Waals surface area contributed by atoms with E-state index in [1.165, 1.54) is 0 Å². The maximum atomic E-state index is 11.4. The zero-order valence-electron chi connectivity index (χ0n) is 6.99. The van der Waals surface area contributed by atoms with Crippen molar-refractivity contribution in [3.63, 3.8) is 0 Å². The summed E-state index contributed by atoms with van der Waals surface area (Å²) < 4.78 is 0. The summed E-state index contributed by atoms with van der Waals surface area (Å²) in [6.07, 6.45) is 0. The van der Waals surface area contributed by atoms with Gasteiger partial charge in [-0.2, -0.15) is 0 Å². The van der Waals surface area contributed by atoms with Crippen molar-refractivity contribution in [1.29, 1.82) is 0 Å². The van der Waals surface area contributed by atoms with Crippen molar-refractivity contribution in [3.8, 4) is 0 Å². The van der Waals surface area contributed by atoms with Crippen molar-refractivity contribution in [2.45, 2.75) is 0 Å². The zero-order chi connectivity index (χ0) is 9.84. The molecule has 0 radical (unpaired) electrons. The van der Waals surface area contributed by atoms with Crippen molar-refractivity contribution >= 4 is 11.7 Å². The highest BCUT2D eigenvalue weighted by molar-refractivity contribution is 6.24. The lowest BCUT2D eigenvalue weighted by atomic mass is 10.0. The predicted molar refractivity (Wildman–Crippen MR) is 49.1 cm³/mol. The van der Waals surface area contributed by atoms with Gasteiger partial charge in [-0.1, -0.05) is 36.9 Å². The van der Waals surface area contributed by atoms with E-state index in [0.717, 1.165) is 0 Å². The average Bonchev–Trinajstić information content (AvgIpc) is 2.17. The molecule has 0 unspecified atom stereocenters. The maximum absolute atomic E-state index is 11.4. The minimum absolute atomic E-state index is 0.189. The van der Waals surface area contributed by atoms with Gasteiger partial charge in [0.15, 0.2) is 5.78 Å². The van der Waals surface area contributed by atoms with Gasteiger partial charge < -0.3 is 5.73 Å². The van der Waals surface area contributed by atoms with Crippen LogP contribution in [-0.4, -0.2) is 11.7 Å². The Labute approximate surface area is 75.9 Å². The largest absolute Gasteiger partial charge is 0.365 e. The number of nitrogens with two attached hydrogens (primary N) is 1. The number of amides is 1. The Bertz CT molecular complexity index is 354. The topological polar surface area (TPSA) is 60.2 Å². The lowest BCUT2D eigenvalue weighted by Gasteiger charge is -1.99. The van der Waals surface area contributed by atoms with Gasteiger partial charge in [0, 0.05) is 5.56 Å². The van der Waals surface area contributed by atoms with Gasteiger partial charge in [-0.3, -0.25) is 9.59 Å². The molecule has 0 aliphatic rings.